The van der Waals surface area contributed by atoms with Crippen molar-refractivity contribution in [2.75, 3.05) is 5.75 Å². The molecule has 4 rings (SSSR count). The third kappa shape index (κ3) is 3.98. The maximum Gasteiger partial charge on any atom is 0.266 e. The van der Waals surface area contributed by atoms with Gasteiger partial charge in [-0.15, -0.1) is 0 Å². The largest absolute Gasteiger partial charge is 0.353 e. The molecule has 8 heteroatoms. The van der Waals surface area contributed by atoms with E-state index in [2.05, 4.69) is 10.3 Å². The molecule has 138 valence electrons. The van der Waals surface area contributed by atoms with E-state index >= 15 is 0 Å². The highest BCUT2D eigenvalue weighted by molar-refractivity contribution is 7.99. The van der Waals surface area contributed by atoms with E-state index in [1.807, 2.05) is 6.07 Å². The van der Waals surface area contributed by atoms with Crippen LogP contribution in [-0.2, 0) is 4.79 Å². The highest BCUT2D eigenvalue weighted by Crippen LogP contribution is 2.27. The second kappa shape index (κ2) is 7.54. The summed E-state index contributed by atoms with van der Waals surface area (Å²) in [5, 5.41) is 4.61. The molecule has 1 amide bonds. The van der Waals surface area contributed by atoms with Gasteiger partial charge in [0.05, 0.1) is 32.4 Å². The first-order valence-corrected chi connectivity index (χ1v) is 10.2. The van der Waals surface area contributed by atoms with Crippen molar-refractivity contribution >= 4 is 51.8 Å². The normalized spacial score (nSPS) is 13.7. The van der Waals surface area contributed by atoms with Crippen LogP contribution in [0.2, 0.25) is 10.0 Å². The molecular weight excluding hydrogens is 405 g/mol. The molecule has 27 heavy (non-hydrogen) atoms. The number of nitrogens with one attached hydrogen (secondary N) is 1. The fourth-order valence-corrected chi connectivity index (χ4v) is 3.80. The number of amides is 1. The number of benzene rings is 2. The van der Waals surface area contributed by atoms with Crippen molar-refractivity contribution < 1.29 is 4.79 Å². The number of thioether (sulfide) groups is 1. The maximum atomic E-state index is 13.1. The number of rotatable bonds is 5. The number of carbonyl (C=O) groups is 1. The molecule has 1 N–H and O–H groups in total. The summed E-state index contributed by atoms with van der Waals surface area (Å²) < 4.78 is 1.47. The zero-order chi connectivity index (χ0) is 19.0. The lowest BCUT2D eigenvalue weighted by atomic mass is 10.2. The van der Waals surface area contributed by atoms with Gasteiger partial charge in [0.2, 0.25) is 5.91 Å². The van der Waals surface area contributed by atoms with Crippen LogP contribution < -0.4 is 10.9 Å². The monoisotopic (exact) mass is 419 g/mol. The fourth-order valence-electron chi connectivity index (χ4n) is 2.69. The maximum absolute atomic E-state index is 13.1. The van der Waals surface area contributed by atoms with Crippen LogP contribution in [0, 0.1) is 0 Å². The number of aromatic nitrogens is 2. The number of halogens is 2. The first kappa shape index (κ1) is 18.3. The first-order valence-electron chi connectivity index (χ1n) is 8.42. The van der Waals surface area contributed by atoms with E-state index in [1.165, 1.54) is 16.3 Å². The van der Waals surface area contributed by atoms with E-state index in [9.17, 15) is 9.59 Å². The van der Waals surface area contributed by atoms with Crippen LogP contribution in [0.3, 0.4) is 0 Å². The van der Waals surface area contributed by atoms with Crippen molar-refractivity contribution in [3.8, 4) is 5.69 Å². The molecule has 0 bridgehead atoms. The van der Waals surface area contributed by atoms with Gasteiger partial charge in [-0.05, 0) is 43.2 Å². The standard InChI is InChI=1S/C19H15Cl2N3O2S/c20-14-8-7-12(9-15(14)21)24-18(26)13-3-1-2-4-16(13)23-19(24)27-10-17(25)22-11-5-6-11/h1-4,7-9,11H,5-6,10H2,(H,22,25). The van der Waals surface area contributed by atoms with Crippen LogP contribution in [0.5, 0.6) is 0 Å². The van der Waals surface area contributed by atoms with Crippen molar-refractivity contribution in [3.63, 3.8) is 0 Å². The molecule has 1 aliphatic carbocycles. The second-order valence-corrected chi connectivity index (χ2v) is 8.04. The number of hydrogen-bond acceptors (Lipinski definition) is 4. The van der Waals surface area contributed by atoms with Gasteiger partial charge in [0, 0.05) is 6.04 Å². The van der Waals surface area contributed by atoms with Gasteiger partial charge >= 0.3 is 0 Å². The Hall–Kier alpha value is -2.02. The molecule has 1 saturated carbocycles. The topological polar surface area (TPSA) is 64.0 Å². The van der Waals surface area contributed by atoms with Gasteiger partial charge in [-0.1, -0.05) is 47.1 Å². The van der Waals surface area contributed by atoms with E-state index < -0.39 is 0 Å². The van der Waals surface area contributed by atoms with E-state index in [-0.39, 0.29) is 17.2 Å². The fraction of sp³-hybridized carbons (Fsp3) is 0.211. The van der Waals surface area contributed by atoms with Gasteiger partial charge in [0.15, 0.2) is 5.16 Å². The van der Waals surface area contributed by atoms with E-state index in [0.717, 1.165) is 12.8 Å². The lowest BCUT2D eigenvalue weighted by Crippen LogP contribution is -2.28. The summed E-state index contributed by atoms with van der Waals surface area (Å²) in [4.78, 5) is 29.8. The molecule has 0 spiro atoms. The molecule has 1 heterocycles. The van der Waals surface area contributed by atoms with Crippen LogP contribution >= 0.6 is 35.0 Å². The molecule has 2 aromatic carbocycles. The summed E-state index contributed by atoms with van der Waals surface area (Å²) in [6.45, 7) is 0. The van der Waals surface area contributed by atoms with Crippen LogP contribution in [0.15, 0.2) is 52.4 Å². The zero-order valence-electron chi connectivity index (χ0n) is 14.1. The minimum Gasteiger partial charge on any atom is -0.353 e. The van der Waals surface area contributed by atoms with Crippen LogP contribution in [0.4, 0.5) is 0 Å². The lowest BCUT2D eigenvalue weighted by Gasteiger charge is -2.14. The number of nitrogens with zero attached hydrogens (tertiary/aromatic N) is 2. The SMILES string of the molecule is O=C(CSc1nc2ccccc2c(=O)n1-c1ccc(Cl)c(Cl)c1)NC1CC1. The van der Waals surface area contributed by atoms with Gasteiger partial charge in [-0.2, -0.15) is 0 Å². The van der Waals surface area contributed by atoms with E-state index in [4.69, 9.17) is 23.2 Å². The summed E-state index contributed by atoms with van der Waals surface area (Å²) in [5.41, 5.74) is 0.922. The van der Waals surface area contributed by atoms with Crippen LogP contribution in [0.25, 0.3) is 16.6 Å². The third-order valence-electron chi connectivity index (χ3n) is 4.18. The summed E-state index contributed by atoms with van der Waals surface area (Å²) in [6, 6.07) is 12.4. The molecule has 3 aromatic rings. The summed E-state index contributed by atoms with van der Waals surface area (Å²) in [7, 11) is 0. The van der Waals surface area contributed by atoms with Gasteiger partial charge in [0.1, 0.15) is 0 Å². The Bertz CT molecular complexity index is 1100. The molecule has 0 unspecified atom stereocenters. The second-order valence-electron chi connectivity index (χ2n) is 6.28. The predicted molar refractivity (Wildman–Crippen MR) is 109 cm³/mol. The number of hydrogen-bond donors (Lipinski definition) is 1. The third-order valence-corrected chi connectivity index (χ3v) is 5.86. The Morgan fingerprint density at radius 1 is 1.19 bits per heavy atom. The minimum absolute atomic E-state index is 0.0643. The predicted octanol–water partition coefficient (Wildman–Crippen LogP) is 4.06. The molecule has 0 saturated heterocycles. The highest BCUT2D eigenvalue weighted by Gasteiger charge is 2.23. The molecule has 0 aliphatic heterocycles. The molecular formula is C19H15Cl2N3O2S. The Kier molecular flexibility index (Phi) is 5.12. The lowest BCUT2D eigenvalue weighted by molar-refractivity contribution is -0.118. The Morgan fingerprint density at radius 2 is 1.96 bits per heavy atom. The van der Waals surface area contributed by atoms with Crippen molar-refractivity contribution in [1.29, 1.82) is 0 Å². The number of carbonyl (C=O) groups excluding carboxylic acids is 1. The average molecular weight is 420 g/mol. The first-order chi connectivity index (χ1) is 13.0. The smallest absolute Gasteiger partial charge is 0.266 e. The molecule has 0 radical (unpaired) electrons. The van der Waals surface area contributed by atoms with Crippen molar-refractivity contribution in [2.24, 2.45) is 0 Å². The van der Waals surface area contributed by atoms with Crippen molar-refractivity contribution in [1.82, 2.24) is 14.9 Å². The summed E-state index contributed by atoms with van der Waals surface area (Å²) in [5.74, 6) is 0.119. The molecule has 1 aromatic heterocycles. The minimum atomic E-state index is -0.218. The van der Waals surface area contributed by atoms with Gasteiger partial charge in [0.25, 0.3) is 5.56 Å². The van der Waals surface area contributed by atoms with Gasteiger partial charge < -0.3 is 5.32 Å². The quantitative estimate of drug-likeness (QED) is 0.500. The van der Waals surface area contributed by atoms with Gasteiger partial charge in [-0.25, -0.2) is 4.98 Å². The highest BCUT2D eigenvalue weighted by atomic mass is 35.5. The molecule has 1 aliphatic rings. The Labute approximate surface area is 169 Å². The summed E-state index contributed by atoms with van der Waals surface area (Å²) in [6.07, 6.45) is 2.05. The molecule has 0 atom stereocenters. The van der Waals surface area contributed by atoms with E-state index in [0.29, 0.717) is 37.8 Å². The number of para-hydroxylation sites is 1. The van der Waals surface area contributed by atoms with Crippen LogP contribution in [0.1, 0.15) is 12.8 Å². The van der Waals surface area contributed by atoms with Crippen molar-refractivity contribution in [3.05, 3.63) is 62.9 Å². The van der Waals surface area contributed by atoms with Crippen molar-refractivity contribution in [2.45, 2.75) is 24.0 Å². The molecule has 5 nitrogen and oxygen atoms in total. The Morgan fingerprint density at radius 3 is 2.70 bits per heavy atom. The Balaban J connectivity index is 1.78. The molecule has 1 fully saturated rings. The number of fused-ring (bicyclic) bond motifs is 1. The van der Waals surface area contributed by atoms with E-state index in [1.54, 1.807) is 36.4 Å². The zero-order valence-corrected chi connectivity index (χ0v) is 16.4. The van der Waals surface area contributed by atoms with Crippen LogP contribution in [-0.4, -0.2) is 27.3 Å². The van der Waals surface area contributed by atoms with Gasteiger partial charge in [-0.3, -0.25) is 14.2 Å². The average Bonchev–Trinajstić information content (AvgIpc) is 3.46. The summed E-state index contributed by atoms with van der Waals surface area (Å²) >= 11 is 13.4.